The maximum Gasteiger partial charge on any atom is 0.153 e. The Bertz CT molecular complexity index is 1180. The lowest BCUT2D eigenvalue weighted by atomic mass is 10.1. The van der Waals surface area contributed by atoms with Gasteiger partial charge in [-0.05, 0) is 54.1 Å². The quantitative estimate of drug-likeness (QED) is 0.447. The predicted molar refractivity (Wildman–Crippen MR) is 103 cm³/mol. The predicted octanol–water partition coefficient (Wildman–Crippen LogP) is 6.10. The van der Waals surface area contributed by atoms with Gasteiger partial charge in [0.05, 0.1) is 28.1 Å². The Balaban J connectivity index is 1.86. The molecule has 1 heterocycles. The zero-order valence-electron chi connectivity index (χ0n) is 13.6. The van der Waals surface area contributed by atoms with E-state index >= 15 is 0 Å². The van der Waals surface area contributed by atoms with Crippen molar-refractivity contribution in [1.82, 2.24) is 0 Å². The molecule has 0 radical (unpaired) electrons. The van der Waals surface area contributed by atoms with Crippen LogP contribution in [0.3, 0.4) is 0 Å². The van der Waals surface area contributed by atoms with Gasteiger partial charge in [0.15, 0.2) is 5.75 Å². The van der Waals surface area contributed by atoms with Crippen LogP contribution < -0.4 is 4.74 Å². The number of benzene rings is 3. The molecule has 0 aliphatic rings. The SMILES string of the molecule is N#Cc1ccc(Oc2c(-c3cccc(C#N)c3)sc3ccccc23)cc1. The van der Waals surface area contributed by atoms with Crippen molar-refractivity contribution >= 4 is 21.4 Å². The molecule has 0 aliphatic heterocycles. The molecule has 0 N–H and O–H groups in total. The van der Waals surface area contributed by atoms with E-state index in [0.29, 0.717) is 16.9 Å². The van der Waals surface area contributed by atoms with Crippen molar-refractivity contribution in [1.29, 1.82) is 10.5 Å². The summed E-state index contributed by atoms with van der Waals surface area (Å²) in [7, 11) is 0. The minimum Gasteiger partial charge on any atom is -0.455 e. The van der Waals surface area contributed by atoms with Crippen LogP contribution in [0.5, 0.6) is 11.5 Å². The van der Waals surface area contributed by atoms with Crippen LogP contribution in [0.1, 0.15) is 11.1 Å². The molecular formula is C22H12N2OS. The lowest BCUT2D eigenvalue weighted by molar-refractivity contribution is 0.491. The number of hydrogen-bond acceptors (Lipinski definition) is 4. The van der Waals surface area contributed by atoms with Gasteiger partial charge in [0.1, 0.15) is 5.75 Å². The molecule has 26 heavy (non-hydrogen) atoms. The Morgan fingerprint density at radius 3 is 2.31 bits per heavy atom. The molecule has 0 bridgehead atoms. The molecule has 4 rings (SSSR count). The molecule has 4 aromatic rings. The van der Waals surface area contributed by atoms with Gasteiger partial charge in [0, 0.05) is 10.1 Å². The highest BCUT2D eigenvalue weighted by Crippen LogP contribution is 2.46. The molecule has 0 atom stereocenters. The van der Waals surface area contributed by atoms with Crippen LogP contribution in [0.15, 0.2) is 72.8 Å². The van der Waals surface area contributed by atoms with E-state index in [2.05, 4.69) is 18.2 Å². The van der Waals surface area contributed by atoms with E-state index in [1.165, 1.54) is 0 Å². The van der Waals surface area contributed by atoms with Crippen molar-refractivity contribution in [2.45, 2.75) is 0 Å². The lowest BCUT2D eigenvalue weighted by Crippen LogP contribution is -1.86. The van der Waals surface area contributed by atoms with Gasteiger partial charge in [-0.3, -0.25) is 0 Å². The van der Waals surface area contributed by atoms with Crippen molar-refractivity contribution in [2.24, 2.45) is 0 Å². The highest BCUT2D eigenvalue weighted by Gasteiger charge is 2.16. The fourth-order valence-electron chi connectivity index (χ4n) is 2.76. The molecule has 3 aromatic carbocycles. The topological polar surface area (TPSA) is 56.8 Å². The summed E-state index contributed by atoms with van der Waals surface area (Å²) in [5.74, 6) is 1.44. The summed E-state index contributed by atoms with van der Waals surface area (Å²) in [5, 5.41) is 19.2. The maximum atomic E-state index is 9.20. The molecule has 0 unspecified atom stereocenters. The molecule has 0 fully saturated rings. The second-order valence-electron chi connectivity index (χ2n) is 5.69. The summed E-state index contributed by atoms with van der Waals surface area (Å²) < 4.78 is 7.33. The summed E-state index contributed by atoms with van der Waals surface area (Å²) in [5.41, 5.74) is 2.16. The molecular weight excluding hydrogens is 340 g/mol. The number of nitrogens with zero attached hydrogens (tertiary/aromatic N) is 2. The molecule has 122 valence electrons. The first-order valence-electron chi connectivity index (χ1n) is 7.98. The Kier molecular flexibility index (Phi) is 4.11. The molecule has 0 spiro atoms. The third-order valence-corrected chi connectivity index (χ3v) is 5.21. The first-order chi connectivity index (χ1) is 12.8. The van der Waals surface area contributed by atoms with Crippen LogP contribution in [0.2, 0.25) is 0 Å². The molecule has 0 saturated carbocycles. The minimum atomic E-state index is 0.592. The summed E-state index contributed by atoms with van der Waals surface area (Å²) in [6.45, 7) is 0. The van der Waals surface area contributed by atoms with Crippen molar-refractivity contribution in [3.05, 3.63) is 83.9 Å². The van der Waals surface area contributed by atoms with E-state index in [-0.39, 0.29) is 0 Å². The number of thiophene rings is 1. The van der Waals surface area contributed by atoms with Gasteiger partial charge in [-0.25, -0.2) is 0 Å². The molecule has 3 nitrogen and oxygen atoms in total. The van der Waals surface area contributed by atoms with Crippen LogP contribution in [0.4, 0.5) is 0 Å². The number of fused-ring (bicyclic) bond motifs is 1. The Morgan fingerprint density at radius 1 is 0.769 bits per heavy atom. The molecule has 0 saturated heterocycles. The smallest absolute Gasteiger partial charge is 0.153 e. The van der Waals surface area contributed by atoms with Gasteiger partial charge in [0.25, 0.3) is 0 Å². The van der Waals surface area contributed by atoms with Crippen molar-refractivity contribution in [2.75, 3.05) is 0 Å². The maximum absolute atomic E-state index is 9.20. The second-order valence-corrected chi connectivity index (χ2v) is 6.74. The normalized spacial score (nSPS) is 10.2. The van der Waals surface area contributed by atoms with E-state index in [4.69, 9.17) is 10.00 Å². The molecule has 0 amide bonds. The standard InChI is InChI=1S/C22H12N2OS/c23-13-15-8-10-18(11-9-15)25-21-19-6-1-2-7-20(19)26-22(21)17-5-3-4-16(12-17)14-24/h1-12H. The average molecular weight is 352 g/mol. The largest absolute Gasteiger partial charge is 0.455 e. The van der Waals surface area contributed by atoms with Crippen LogP contribution in [-0.2, 0) is 0 Å². The molecule has 4 heteroatoms. The summed E-state index contributed by atoms with van der Waals surface area (Å²) in [4.78, 5) is 0.979. The van der Waals surface area contributed by atoms with Gasteiger partial charge >= 0.3 is 0 Å². The van der Waals surface area contributed by atoms with E-state index < -0.39 is 0 Å². The van der Waals surface area contributed by atoms with Gasteiger partial charge in [-0.15, -0.1) is 11.3 Å². The number of nitriles is 2. The van der Waals surface area contributed by atoms with Gasteiger partial charge in [0.2, 0.25) is 0 Å². The summed E-state index contributed by atoms with van der Waals surface area (Å²) in [6.07, 6.45) is 0. The highest BCUT2D eigenvalue weighted by molar-refractivity contribution is 7.22. The fraction of sp³-hybridized carbons (Fsp3) is 0. The fourth-order valence-corrected chi connectivity index (χ4v) is 3.88. The third kappa shape index (κ3) is 2.91. The van der Waals surface area contributed by atoms with E-state index in [1.807, 2.05) is 36.4 Å². The summed E-state index contributed by atoms with van der Waals surface area (Å²) in [6, 6.07) is 26.9. The summed E-state index contributed by atoms with van der Waals surface area (Å²) >= 11 is 1.64. The zero-order chi connectivity index (χ0) is 17.9. The first-order valence-corrected chi connectivity index (χ1v) is 8.80. The molecule has 0 aliphatic carbocycles. The van der Waals surface area contributed by atoms with Crippen LogP contribution in [0, 0.1) is 22.7 Å². The van der Waals surface area contributed by atoms with E-state index in [1.54, 1.807) is 41.7 Å². The van der Waals surface area contributed by atoms with Crippen LogP contribution in [-0.4, -0.2) is 0 Å². The lowest BCUT2D eigenvalue weighted by Gasteiger charge is -2.08. The second kappa shape index (κ2) is 6.72. The Labute approximate surface area is 154 Å². The number of hydrogen-bond donors (Lipinski definition) is 0. The highest BCUT2D eigenvalue weighted by atomic mass is 32.1. The number of ether oxygens (including phenoxy) is 1. The minimum absolute atomic E-state index is 0.592. The molecule has 1 aromatic heterocycles. The van der Waals surface area contributed by atoms with Gasteiger partial charge < -0.3 is 4.74 Å². The zero-order valence-corrected chi connectivity index (χ0v) is 14.5. The number of rotatable bonds is 3. The van der Waals surface area contributed by atoms with Crippen molar-refractivity contribution in [3.8, 4) is 34.1 Å². The third-order valence-electron chi connectivity index (χ3n) is 4.01. The van der Waals surface area contributed by atoms with Gasteiger partial charge in [-0.2, -0.15) is 10.5 Å². The average Bonchev–Trinajstić information content (AvgIpc) is 3.07. The Hall–Kier alpha value is -3.60. The van der Waals surface area contributed by atoms with Crippen LogP contribution in [0.25, 0.3) is 20.5 Å². The van der Waals surface area contributed by atoms with Crippen molar-refractivity contribution in [3.63, 3.8) is 0 Å². The monoisotopic (exact) mass is 352 g/mol. The van der Waals surface area contributed by atoms with Crippen molar-refractivity contribution < 1.29 is 4.74 Å². The van der Waals surface area contributed by atoms with Gasteiger partial charge in [-0.1, -0.05) is 24.3 Å². The Morgan fingerprint density at radius 2 is 1.54 bits per heavy atom. The van der Waals surface area contributed by atoms with E-state index in [9.17, 15) is 5.26 Å². The van der Waals surface area contributed by atoms with E-state index in [0.717, 1.165) is 26.3 Å². The first kappa shape index (κ1) is 15.9. The van der Waals surface area contributed by atoms with Crippen LogP contribution >= 0.6 is 11.3 Å².